The Kier molecular flexibility index (Phi) is 5.35. The molecular formula is C18H25ClN2O2. The zero-order chi connectivity index (χ0) is 17.2. The maximum atomic E-state index is 12.6. The highest BCUT2D eigenvalue weighted by molar-refractivity contribution is 6.34. The van der Waals surface area contributed by atoms with Gasteiger partial charge in [0.2, 0.25) is 11.8 Å². The van der Waals surface area contributed by atoms with E-state index < -0.39 is 5.41 Å². The molecule has 1 fully saturated rings. The van der Waals surface area contributed by atoms with Crippen molar-refractivity contribution in [3.05, 3.63) is 28.3 Å². The van der Waals surface area contributed by atoms with Crippen LogP contribution in [-0.4, -0.2) is 17.9 Å². The van der Waals surface area contributed by atoms with Crippen LogP contribution in [0, 0.1) is 19.3 Å². The highest BCUT2D eigenvalue weighted by Crippen LogP contribution is 2.29. The minimum atomic E-state index is -1.15. The quantitative estimate of drug-likeness (QED) is 0.817. The van der Waals surface area contributed by atoms with Gasteiger partial charge in [-0.2, -0.15) is 0 Å². The maximum Gasteiger partial charge on any atom is 0.239 e. The molecular weight excluding hydrogens is 312 g/mol. The number of hydrogen-bond donors (Lipinski definition) is 2. The predicted octanol–water partition coefficient (Wildman–Crippen LogP) is 3.98. The predicted molar refractivity (Wildman–Crippen MR) is 93.7 cm³/mol. The third-order valence-electron chi connectivity index (χ3n) is 4.50. The fraction of sp³-hybridized carbons (Fsp3) is 0.556. The Bertz CT molecular complexity index is 596. The lowest BCUT2D eigenvalue weighted by Crippen LogP contribution is -2.48. The molecule has 0 bridgehead atoms. The Morgan fingerprint density at radius 2 is 1.74 bits per heavy atom. The molecule has 1 aliphatic rings. The summed E-state index contributed by atoms with van der Waals surface area (Å²) in [4.78, 5) is 25.1. The van der Waals surface area contributed by atoms with Crippen LogP contribution in [0.2, 0.25) is 5.02 Å². The lowest BCUT2D eigenvalue weighted by molar-refractivity contribution is -0.138. The highest BCUT2D eigenvalue weighted by Gasteiger charge is 2.37. The van der Waals surface area contributed by atoms with Crippen LogP contribution in [0.4, 0.5) is 5.69 Å². The van der Waals surface area contributed by atoms with Crippen LogP contribution in [0.5, 0.6) is 0 Å². The van der Waals surface area contributed by atoms with Crippen molar-refractivity contribution in [1.29, 1.82) is 0 Å². The molecule has 0 aromatic heterocycles. The van der Waals surface area contributed by atoms with E-state index in [1.165, 1.54) is 0 Å². The first-order chi connectivity index (χ1) is 10.7. The molecule has 2 amide bonds. The molecule has 0 aliphatic heterocycles. The van der Waals surface area contributed by atoms with Gasteiger partial charge < -0.3 is 10.6 Å². The van der Waals surface area contributed by atoms with E-state index in [9.17, 15) is 9.59 Å². The first-order valence-electron chi connectivity index (χ1n) is 8.11. The Balaban J connectivity index is 2.10. The Hall–Kier alpha value is -1.55. The van der Waals surface area contributed by atoms with Crippen molar-refractivity contribution < 1.29 is 9.59 Å². The van der Waals surface area contributed by atoms with Gasteiger partial charge in [-0.15, -0.1) is 0 Å². The van der Waals surface area contributed by atoms with E-state index in [1.807, 2.05) is 19.9 Å². The summed E-state index contributed by atoms with van der Waals surface area (Å²) >= 11 is 6.23. The molecule has 1 saturated carbocycles. The van der Waals surface area contributed by atoms with Gasteiger partial charge >= 0.3 is 0 Å². The summed E-state index contributed by atoms with van der Waals surface area (Å²) in [5.74, 6) is -0.579. The molecule has 0 atom stereocenters. The van der Waals surface area contributed by atoms with E-state index in [4.69, 9.17) is 11.6 Å². The summed E-state index contributed by atoms with van der Waals surface area (Å²) in [6, 6.07) is 3.95. The molecule has 126 valence electrons. The van der Waals surface area contributed by atoms with E-state index in [2.05, 4.69) is 10.6 Å². The fourth-order valence-corrected chi connectivity index (χ4v) is 3.25. The lowest BCUT2D eigenvalue weighted by Gasteiger charge is -2.25. The van der Waals surface area contributed by atoms with Crippen molar-refractivity contribution >= 4 is 29.1 Å². The second-order valence-electron chi connectivity index (χ2n) is 6.97. The van der Waals surface area contributed by atoms with Crippen molar-refractivity contribution in [3.8, 4) is 0 Å². The monoisotopic (exact) mass is 336 g/mol. The van der Waals surface area contributed by atoms with E-state index in [-0.39, 0.29) is 17.9 Å². The van der Waals surface area contributed by atoms with Crippen LogP contribution in [0.1, 0.15) is 50.7 Å². The lowest BCUT2D eigenvalue weighted by atomic mass is 9.90. The third kappa shape index (κ3) is 4.05. The van der Waals surface area contributed by atoms with E-state index in [1.54, 1.807) is 19.9 Å². The molecule has 1 aromatic rings. The number of amides is 2. The van der Waals surface area contributed by atoms with E-state index >= 15 is 0 Å². The van der Waals surface area contributed by atoms with E-state index in [0.717, 1.165) is 36.8 Å². The minimum Gasteiger partial charge on any atom is -0.352 e. The van der Waals surface area contributed by atoms with Gasteiger partial charge in [-0.1, -0.05) is 30.5 Å². The van der Waals surface area contributed by atoms with Gasteiger partial charge in [0.05, 0.1) is 10.7 Å². The minimum absolute atomic E-state index is 0.194. The summed E-state index contributed by atoms with van der Waals surface area (Å²) in [5.41, 5.74) is 1.34. The van der Waals surface area contributed by atoms with Gasteiger partial charge in [0.25, 0.3) is 0 Å². The topological polar surface area (TPSA) is 58.2 Å². The summed E-state index contributed by atoms with van der Waals surface area (Å²) in [6.45, 7) is 7.12. The Labute approximate surface area is 143 Å². The van der Waals surface area contributed by atoms with Crippen LogP contribution in [0.15, 0.2) is 12.1 Å². The third-order valence-corrected chi connectivity index (χ3v) is 4.79. The molecule has 2 N–H and O–H groups in total. The van der Waals surface area contributed by atoms with Gasteiger partial charge in [0, 0.05) is 6.04 Å². The molecule has 5 heteroatoms. The Morgan fingerprint density at radius 3 is 2.30 bits per heavy atom. The largest absolute Gasteiger partial charge is 0.352 e. The van der Waals surface area contributed by atoms with E-state index in [0.29, 0.717) is 10.7 Å². The zero-order valence-corrected chi connectivity index (χ0v) is 15.0. The van der Waals surface area contributed by atoms with Gasteiger partial charge in [0.15, 0.2) is 0 Å². The molecule has 4 nitrogen and oxygen atoms in total. The number of hydrogen-bond acceptors (Lipinski definition) is 2. The number of aryl methyl sites for hydroxylation is 2. The SMILES string of the molecule is Cc1cc(C)c(NC(=O)C(C)(C)C(=O)NC2CCCC2)c(Cl)c1. The average Bonchev–Trinajstić information content (AvgIpc) is 2.95. The fourth-order valence-electron chi connectivity index (χ4n) is 2.88. The summed E-state index contributed by atoms with van der Waals surface area (Å²) in [5, 5.41) is 6.30. The molecule has 0 heterocycles. The number of carbonyl (C=O) groups excluding carboxylic acids is 2. The summed E-state index contributed by atoms with van der Waals surface area (Å²) in [7, 11) is 0. The first-order valence-corrected chi connectivity index (χ1v) is 8.49. The van der Waals surface area contributed by atoms with Crippen LogP contribution in [0.3, 0.4) is 0 Å². The molecule has 1 aromatic carbocycles. The standard InChI is InChI=1S/C18H25ClN2O2/c1-11-9-12(2)15(14(19)10-11)21-17(23)18(3,4)16(22)20-13-7-5-6-8-13/h9-10,13H,5-8H2,1-4H3,(H,20,22)(H,21,23). The maximum absolute atomic E-state index is 12.6. The average molecular weight is 337 g/mol. The molecule has 0 radical (unpaired) electrons. The smallest absolute Gasteiger partial charge is 0.239 e. The zero-order valence-electron chi connectivity index (χ0n) is 14.3. The van der Waals surface area contributed by atoms with Crippen molar-refractivity contribution in [2.24, 2.45) is 5.41 Å². The number of benzene rings is 1. The van der Waals surface area contributed by atoms with Crippen LogP contribution < -0.4 is 10.6 Å². The number of nitrogens with one attached hydrogen (secondary N) is 2. The molecule has 2 rings (SSSR count). The first kappa shape index (κ1) is 17.8. The summed E-state index contributed by atoms with van der Waals surface area (Å²) < 4.78 is 0. The van der Waals surface area contributed by atoms with Crippen molar-refractivity contribution in [2.75, 3.05) is 5.32 Å². The molecule has 0 unspecified atom stereocenters. The normalized spacial score (nSPS) is 15.5. The number of rotatable bonds is 4. The number of anilines is 1. The highest BCUT2D eigenvalue weighted by atomic mass is 35.5. The number of carbonyl (C=O) groups is 2. The molecule has 23 heavy (non-hydrogen) atoms. The van der Waals surface area contributed by atoms with Gasteiger partial charge in [-0.25, -0.2) is 0 Å². The van der Waals surface area contributed by atoms with Crippen LogP contribution >= 0.6 is 11.6 Å². The number of halogens is 1. The van der Waals surface area contributed by atoms with Crippen LogP contribution in [-0.2, 0) is 9.59 Å². The van der Waals surface area contributed by atoms with Crippen molar-refractivity contribution in [2.45, 2.75) is 59.4 Å². The Morgan fingerprint density at radius 1 is 1.13 bits per heavy atom. The van der Waals surface area contributed by atoms with Crippen LogP contribution in [0.25, 0.3) is 0 Å². The molecule has 0 spiro atoms. The molecule has 1 aliphatic carbocycles. The van der Waals surface area contributed by atoms with Gasteiger partial charge in [-0.3, -0.25) is 9.59 Å². The molecule has 0 saturated heterocycles. The summed E-state index contributed by atoms with van der Waals surface area (Å²) in [6.07, 6.45) is 4.25. The second kappa shape index (κ2) is 6.91. The van der Waals surface area contributed by atoms with Gasteiger partial charge in [-0.05, 0) is 57.7 Å². The second-order valence-corrected chi connectivity index (χ2v) is 7.38. The van der Waals surface area contributed by atoms with Crippen molar-refractivity contribution in [3.63, 3.8) is 0 Å². The van der Waals surface area contributed by atoms with Gasteiger partial charge in [0.1, 0.15) is 5.41 Å². The van der Waals surface area contributed by atoms with Crippen molar-refractivity contribution in [1.82, 2.24) is 5.32 Å².